The lowest BCUT2D eigenvalue weighted by Gasteiger charge is -2.10. The van der Waals surface area contributed by atoms with Crippen molar-refractivity contribution in [2.45, 2.75) is 6.42 Å². The molecule has 2 N–H and O–H groups in total. The van der Waals surface area contributed by atoms with Gasteiger partial charge in [-0.15, -0.1) is 0 Å². The molecule has 19 heavy (non-hydrogen) atoms. The first-order valence-electron chi connectivity index (χ1n) is 5.79. The smallest absolute Gasteiger partial charge is 0.130 e. The SMILES string of the molecule is NC(=S)c1ccc(Cl)cc1OCCc1ccccn1. The summed E-state index contributed by atoms with van der Waals surface area (Å²) in [7, 11) is 0. The topological polar surface area (TPSA) is 48.1 Å². The number of halogens is 1. The van der Waals surface area contributed by atoms with Gasteiger partial charge in [-0.3, -0.25) is 4.98 Å². The number of nitrogens with zero attached hydrogens (tertiary/aromatic N) is 1. The zero-order chi connectivity index (χ0) is 13.7. The number of ether oxygens (including phenoxy) is 1. The molecule has 0 unspecified atom stereocenters. The number of pyridine rings is 1. The molecule has 0 saturated heterocycles. The molecule has 0 aliphatic rings. The van der Waals surface area contributed by atoms with Gasteiger partial charge in [0.2, 0.25) is 0 Å². The summed E-state index contributed by atoms with van der Waals surface area (Å²) in [4.78, 5) is 4.52. The van der Waals surface area contributed by atoms with Crippen LogP contribution < -0.4 is 10.5 Å². The Morgan fingerprint density at radius 3 is 2.84 bits per heavy atom. The van der Waals surface area contributed by atoms with Crippen LogP contribution in [-0.4, -0.2) is 16.6 Å². The molecule has 0 amide bonds. The van der Waals surface area contributed by atoms with E-state index in [0.717, 1.165) is 5.69 Å². The highest BCUT2D eigenvalue weighted by Crippen LogP contribution is 2.23. The van der Waals surface area contributed by atoms with E-state index in [2.05, 4.69) is 4.98 Å². The number of benzene rings is 1. The minimum Gasteiger partial charge on any atom is -0.492 e. The van der Waals surface area contributed by atoms with Gasteiger partial charge in [0.05, 0.1) is 12.2 Å². The van der Waals surface area contributed by atoms with E-state index in [-0.39, 0.29) is 0 Å². The van der Waals surface area contributed by atoms with Gasteiger partial charge in [-0.05, 0) is 30.3 Å². The lowest BCUT2D eigenvalue weighted by atomic mass is 10.2. The molecule has 0 atom stereocenters. The van der Waals surface area contributed by atoms with Gasteiger partial charge in [-0.25, -0.2) is 0 Å². The number of thiocarbonyl (C=S) groups is 1. The first-order chi connectivity index (χ1) is 9.16. The van der Waals surface area contributed by atoms with Crippen molar-refractivity contribution in [3.8, 4) is 5.75 Å². The van der Waals surface area contributed by atoms with E-state index in [1.165, 1.54) is 0 Å². The Labute approximate surface area is 122 Å². The van der Waals surface area contributed by atoms with Crippen LogP contribution >= 0.6 is 23.8 Å². The van der Waals surface area contributed by atoms with Gasteiger partial charge in [-0.2, -0.15) is 0 Å². The van der Waals surface area contributed by atoms with Gasteiger partial charge in [0.1, 0.15) is 10.7 Å². The maximum atomic E-state index is 5.94. The first kappa shape index (κ1) is 13.8. The van der Waals surface area contributed by atoms with Gasteiger partial charge in [0.25, 0.3) is 0 Å². The summed E-state index contributed by atoms with van der Waals surface area (Å²) >= 11 is 10.9. The van der Waals surface area contributed by atoms with Crippen LogP contribution in [0.2, 0.25) is 5.02 Å². The Morgan fingerprint density at radius 2 is 2.16 bits per heavy atom. The molecular weight excluding hydrogens is 280 g/mol. The molecule has 0 saturated carbocycles. The molecule has 0 radical (unpaired) electrons. The lowest BCUT2D eigenvalue weighted by Crippen LogP contribution is -2.12. The van der Waals surface area contributed by atoms with Crippen LogP contribution in [0, 0.1) is 0 Å². The average Bonchev–Trinajstić information content (AvgIpc) is 2.39. The summed E-state index contributed by atoms with van der Waals surface area (Å²) in [5.74, 6) is 0.607. The first-order valence-corrected chi connectivity index (χ1v) is 6.57. The molecule has 3 nitrogen and oxygen atoms in total. The number of rotatable bonds is 5. The van der Waals surface area contributed by atoms with Gasteiger partial charge in [-0.1, -0.05) is 29.9 Å². The summed E-state index contributed by atoms with van der Waals surface area (Å²) in [6.07, 6.45) is 2.47. The highest BCUT2D eigenvalue weighted by molar-refractivity contribution is 7.80. The molecule has 98 valence electrons. The standard InChI is InChI=1S/C14H13ClN2OS/c15-10-4-5-12(14(16)19)13(9-10)18-8-6-11-3-1-2-7-17-11/h1-5,7,9H,6,8H2,(H2,16,19). The molecule has 0 aliphatic heterocycles. The van der Waals surface area contributed by atoms with Crippen molar-refractivity contribution in [3.05, 3.63) is 58.9 Å². The van der Waals surface area contributed by atoms with E-state index >= 15 is 0 Å². The van der Waals surface area contributed by atoms with Gasteiger partial charge < -0.3 is 10.5 Å². The Balaban J connectivity index is 2.03. The normalized spacial score (nSPS) is 10.2. The van der Waals surface area contributed by atoms with Crippen LogP contribution in [0.1, 0.15) is 11.3 Å². The lowest BCUT2D eigenvalue weighted by molar-refractivity contribution is 0.320. The Morgan fingerprint density at radius 1 is 1.32 bits per heavy atom. The van der Waals surface area contributed by atoms with E-state index in [4.69, 9.17) is 34.3 Å². The minimum atomic E-state index is 0.296. The molecule has 5 heteroatoms. The second-order valence-electron chi connectivity index (χ2n) is 3.92. The van der Waals surface area contributed by atoms with Gasteiger partial charge in [0, 0.05) is 23.3 Å². The van der Waals surface area contributed by atoms with Crippen LogP contribution in [-0.2, 0) is 6.42 Å². The second kappa shape index (κ2) is 6.50. The van der Waals surface area contributed by atoms with Crippen LogP contribution in [0.4, 0.5) is 0 Å². The van der Waals surface area contributed by atoms with Crippen molar-refractivity contribution in [1.82, 2.24) is 4.98 Å². The maximum Gasteiger partial charge on any atom is 0.130 e. The predicted octanol–water partition coefficient (Wildman–Crippen LogP) is 2.99. The Hall–Kier alpha value is -1.65. The van der Waals surface area contributed by atoms with E-state index in [9.17, 15) is 0 Å². The fourth-order valence-corrected chi connectivity index (χ4v) is 1.96. The Bertz CT molecular complexity index is 575. The van der Waals surface area contributed by atoms with E-state index in [1.807, 2.05) is 18.2 Å². The highest BCUT2D eigenvalue weighted by Gasteiger charge is 2.07. The molecule has 0 bridgehead atoms. The third kappa shape index (κ3) is 3.91. The number of nitrogens with two attached hydrogens (primary N) is 1. The van der Waals surface area contributed by atoms with Crippen LogP contribution in [0.25, 0.3) is 0 Å². The van der Waals surface area contributed by atoms with Crippen molar-refractivity contribution in [3.63, 3.8) is 0 Å². The van der Waals surface area contributed by atoms with E-state index < -0.39 is 0 Å². The number of aromatic nitrogens is 1. The quantitative estimate of drug-likeness (QED) is 0.861. The molecule has 0 aliphatic carbocycles. The zero-order valence-corrected chi connectivity index (χ0v) is 11.7. The number of hydrogen-bond donors (Lipinski definition) is 1. The third-order valence-corrected chi connectivity index (χ3v) is 3.01. The second-order valence-corrected chi connectivity index (χ2v) is 4.80. The molecule has 1 heterocycles. The Kier molecular flexibility index (Phi) is 4.71. The van der Waals surface area contributed by atoms with E-state index in [1.54, 1.807) is 24.4 Å². The minimum absolute atomic E-state index is 0.296. The van der Waals surface area contributed by atoms with Gasteiger partial charge in [0.15, 0.2) is 0 Å². The molecule has 1 aromatic carbocycles. The van der Waals surface area contributed by atoms with E-state index in [0.29, 0.717) is 34.4 Å². The van der Waals surface area contributed by atoms with Crippen molar-refractivity contribution in [2.24, 2.45) is 5.73 Å². The van der Waals surface area contributed by atoms with Crippen molar-refractivity contribution >= 4 is 28.8 Å². The summed E-state index contributed by atoms with van der Waals surface area (Å²) in [6.45, 7) is 0.493. The van der Waals surface area contributed by atoms with Crippen molar-refractivity contribution in [1.29, 1.82) is 0 Å². The van der Waals surface area contributed by atoms with Crippen LogP contribution in [0.5, 0.6) is 5.75 Å². The third-order valence-electron chi connectivity index (χ3n) is 2.55. The molecule has 2 aromatic rings. The predicted molar refractivity (Wildman–Crippen MR) is 80.8 cm³/mol. The van der Waals surface area contributed by atoms with Crippen molar-refractivity contribution in [2.75, 3.05) is 6.61 Å². The molecule has 0 fully saturated rings. The largest absolute Gasteiger partial charge is 0.492 e. The summed E-state index contributed by atoms with van der Waals surface area (Å²) in [5, 5.41) is 0.591. The summed E-state index contributed by atoms with van der Waals surface area (Å²) in [5.41, 5.74) is 7.31. The molecule has 0 spiro atoms. The molecular formula is C14H13ClN2OS. The summed E-state index contributed by atoms with van der Waals surface area (Å²) < 4.78 is 5.69. The monoisotopic (exact) mass is 292 g/mol. The molecule has 2 rings (SSSR count). The summed E-state index contributed by atoms with van der Waals surface area (Å²) in [6, 6.07) is 11.0. The fraction of sp³-hybridized carbons (Fsp3) is 0.143. The maximum absolute atomic E-state index is 5.94. The number of hydrogen-bond acceptors (Lipinski definition) is 3. The highest BCUT2D eigenvalue weighted by atomic mass is 35.5. The van der Waals surface area contributed by atoms with Crippen molar-refractivity contribution < 1.29 is 4.74 Å². The van der Waals surface area contributed by atoms with Gasteiger partial charge >= 0.3 is 0 Å². The average molecular weight is 293 g/mol. The van der Waals surface area contributed by atoms with Crippen LogP contribution in [0.3, 0.4) is 0 Å². The fourth-order valence-electron chi connectivity index (χ4n) is 1.63. The van der Waals surface area contributed by atoms with Crippen LogP contribution in [0.15, 0.2) is 42.6 Å². The molecule has 1 aromatic heterocycles. The zero-order valence-electron chi connectivity index (χ0n) is 10.2.